The number of nitrogens with zero attached hydrogens (tertiary/aromatic N) is 1. The first-order chi connectivity index (χ1) is 12.0. The Labute approximate surface area is 143 Å². The molecule has 0 fully saturated rings. The van der Waals surface area contributed by atoms with Gasteiger partial charge in [-0.3, -0.25) is 4.79 Å². The summed E-state index contributed by atoms with van der Waals surface area (Å²) in [5, 5.41) is 4.13. The molecule has 0 radical (unpaired) electrons. The normalized spacial score (nSPS) is 11.0. The highest BCUT2D eigenvalue weighted by molar-refractivity contribution is 6.13. The molecule has 0 spiro atoms. The summed E-state index contributed by atoms with van der Waals surface area (Å²) >= 11 is 0. The Bertz CT molecular complexity index is 660. The van der Waals surface area contributed by atoms with Gasteiger partial charge in [-0.05, 0) is 0 Å². The van der Waals surface area contributed by atoms with Crippen molar-refractivity contribution in [3.8, 4) is 0 Å². The van der Waals surface area contributed by atoms with Gasteiger partial charge in [-0.15, -0.1) is 0 Å². The Hall–Kier alpha value is -2.67. The zero-order chi connectivity index (χ0) is 18.1. The molecule has 2 rings (SSSR count). The van der Waals surface area contributed by atoms with Gasteiger partial charge >= 0.3 is 6.18 Å². The molecule has 0 aliphatic carbocycles. The van der Waals surface area contributed by atoms with Crippen molar-refractivity contribution < 1.29 is 22.7 Å². The molecule has 1 N–H and O–H groups in total. The van der Waals surface area contributed by atoms with Crippen LogP contribution in [0.4, 0.5) is 13.2 Å². The van der Waals surface area contributed by atoms with E-state index >= 15 is 0 Å². The van der Waals surface area contributed by atoms with E-state index in [1.165, 1.54) is 0 Å². The molecule has 0 bridgehead atoms. The molecule has 2 aromatic carbocycles. The molecule has 0 atom stereocenters. The van der Waals surface area contributed by atoms with E-state index in [0.717, 1.165) is 11.1 Å². The SMILES string of the molecule is O=C(CCOCC(F)(F)F)NN=C(c1ccccc1)c1ccccc1. The molecule has 25 heavy (non-hydrogen) atoms. The average Bonchev–Trinajstić information content (AvgIpc) is 2.60. The molecular formula is C18H17F3N2O2. The minimum absolute atomic E-state index is 0.212. The lowest BCUT2D eigenvalue weighted by Gasteiger charge is -2.09. The highest BCUT2D eigenvalue weighted by Crippen LogP contribution is 2.14. The Morgan fingerprint density at radius 1 is 0.960 bits per heavy atom. The van der Waals surface area contributed by atoms with Crippen LogP contribution in [0.25, 0.3) is 0 Å². The van der Waals surface area contributed by atoms with E-state index in [2.05, 4.69) is 15.3 Å². The van der Waals surface area contributed by atoms with E-state index in [-0.39, 0.29) is 13.0 Å². The minimum Gasteiger partial charge on any atom is -0.372 e. The first-order valence-corrected chi connectivity index (χ1v) is 7.57. The van der Waals surface area contributed by atoms with Crippen molar-refractivity contribution in [3.05, 3.63) is 71.8 Å². The molecule has 132 valence electrons. The van der Waals surface area contributed by atoms with Crippen molar-refractivity contribution in [2.24, 2.45) is 5.10 Å². The molecule has 7 heteroatoms. The number of ether oxygens (including phenoxy) is 1. The van der Waals surface area contributed by atoms with Crippen LogP contribution >= 0.6 is 0 Å². The second kappa shape index (κ2) is 8.98. The third kappa shape index (κ3) is 6.76. The van der Waals surface area contributed by atoms with Crippen LogP contribution in [0, 0.1) is 0 Å². The molecular weight excluding hydrogens is 333 g/mol. The van der Waals surface area contributed by atoms with Gasteiger partial charge in [-0.1, -0.05) is 60.7 Å². The summed E-state index contributed by atoms with van der Waals surface area (Å²) in [5.74, 6) is -0.522. The summed E-state index contributed by atoms with van der Waals surface area (Å²) in [6.45, 7) is -1.70. The van der Waals surface area contributed by atoms with Crippen LogP contribution in [-0.4, -0.2) is 31.0 Å². The molecule has 2 aromatic rings. The number of halogens is 3. The third-order valence-electron chi connectivity index (χ3n) is 3.13. The maximum Gasteiger partial charge on any atom is 0.411 e. The third-order valence-corrected chi connectivity index (χ3v) is 3.13. The maximum atomic E-state index is 12.0. The molecule has 0 aliphatic heterocycles. The number of benzene rings is 2. The zero-order valence-corrected chi connectivity index (χ0v) is 13.3. The number of nitrogens with one attached hydrogen (secondary N) is 1. The molecule has 0 unspecified atom stereocenters. The van der Waals surface area contributed by atoms with Crippen LogP contribution in [0.2, 0.25) is 0 Å². The van der Waals surface area contributed by atoms with Crippen LogP contribution in [-0.2, 0) is 9.53 Å². The van der Waals surface area contributed by atoms with Crippen LogP contribution in [0.5, 0.6) is 0 Å². The van der Waals surface area contributed by atoms with E-state index in [1.807, 2.05) is 60.7 Å². The number of hydrogen-bond acceptors (Lipinski definition) is 3. The lowest BCUT2D eigenvalue weighted by atomic mass is 10.0. The number of alkyl halides is 3. The van der Waals surface area contributed by atoms with Crippen LogP contribution in [0.15, 0.2) is 65.8 Å². The second-order valence-electron chi connectivity index (χ2n) is 5.15. The van der Waals surface area contributed by atoms with Gasteiger partial charge in [0.15, 0.2) is 0 Å². The smallest absolute Gasteiger partial charge is 0.372 e. The molecule has 0 heterocycles. The molecule has 0 saturated heterocycles. The quantitative estimate of drug-likeness (QED) is 0.472. The molecule has 0 saturated carbocycles. The topological polar surface area (TPSA) is 50.7 Å². The van der Waals surface area contributed by atoms with Crippen LogP contribution < -0.4 is 5.43 Å². The fraction of sp³-hybridized carbons (Fsp3) is 0.222. The predicted molar refractivity (Wildman–Crippen MR) is 88.2 cm³/mol. The van der Waals surface area contributed by atoms with Gasteiger partial charge in [0.05, 0.1) is 18.7 Å². The minimum atomic E-state index is -4.40. The van der Waals surface area contributed by atoms with Crippen molar-refractivity contribution in [3.63, 3.8) is 0 Å². The summed E-state index contributed by atoms with van der Waals surface area (Å²) < 4.78 is 40.3. The highest BCUT2D eigenvalue weighted by atomic mass is 19.4. The Morgan fingerprint density at radius 2 is 1.48 bits per heavy atom. The van der Waals surface area contributed by atoms with Crippen molar-refractivity contribution in [2.45, 2.75) is 12.6 Å². The van der Waals surface area contributed by atoms with E-state index in [9.17, 15) is 18.0 Å². The Kier molecular flexibility index (Phi) is 6.71. The summed E-state index contributed by atoms with van der Waals surface area (Å²) in [4.78, 5) is 11.8. The standard InChI is InChI=1S/C18H17F3N2O2/c19-18(20,21)13-25-12-11-16(24)22-23-17(14-7-3-1-4-8-14)15-9-5-2-6-10-15/h1-10H,11-13H2,(H,22,24). The number of amides is 1. The lowest BCUT2D eigenvalue weighted by Crippen LogP contribution is -2.23. The van der Waals surface area contributed by atoms with Gasteiger partial charge in [0.2, 0.25) is 5.91 Å². The second-order valence-corrected chi connectivity index (χ2v) is 5.15. The van der Waals surface area contributed by atoms with Gasteiger partial charge < -0.3 is 4.74 Å². The van der Waals surface area contributed by atoms with E-state index in [1.54, 1.807) is 0 Å². The van der Waals surface area contributed by atoms with Crippen molar-refractivity contribution >= 4 is 11.6 Å². The zero-order valence-electron chi connectivity index (χ0n) is 13.3. The molecule has 0 aliphatic rings. The van der Waals surface area contributed by atoms with Gasteiger partial charge in [0.1, 0.15) is 6.61 Å². The fourth-order valence-corrected chi connectivity index (χ4v) is 2.01. The Balaban J connectivity index is 2.00. The summed E-state index contributed by atoms with van der Waals surface area (Å²) in [7, 11) is 0. The number of carbonyl (C=O) groups excluding carboxylic acids is 1. The van der Waals surface area contributed by atoms with Gasteiger partial charge in [-0.2, -0.15) is 18.3 Å². The van der Waals surface area contributed by atoms with E-state index in [4.69, 9.17) is 0 Å². The van der Waals surface area contributed by atoms with Gasteiger partial charge in [-0.25, -0.2) is 5.43 Å². The lowest BCUT2D eigenvalue weighted by molar-refractivity contribution is -0.174. The first-order valence-electron chi connectivity index (χ1n) is 7.57. The van der Waals surface area contributed by atoms with Crippen LogP contribution in [0.3, 0.4) is 0 Å². The number of carbonyl (C=O) groups is 1. The van der Waals surface area contributed by atoms with Gasteiger partial charge in [0.25, 0.3) is 0 Å². The van der Waals surface area contributed by atoms with Crippen LogP contribution in [0.1, 0.15) is 17.5 Å². The Morgan fingerprint density at radius 3 is 1.96 bits per heavy atom. The summed E-state index contributed by atoms with van der Waals surface area (Å²) in [6, 6.07) is 18.5. The largest absolute Gasteiger partial charge is 0.411 e. The number of rotatable bonds is 7. The predicted octanol–water partition coefficient (Wildman–Crippen LogP) is 3.52. The highest BCUT2D eigenvalue weighted by Gasteiger charge is 2.27. The summed E-state index contributed by atoms with van der Waals surface area (Å²) in [5.41, 5.74) is 4.54. The van der Waals surface area contributed by atoms with Crippen molar-refractivity contribution in [2.75, 3.05) is 13.2 Å². The fourth-order valence-electron chi connectivity index (χ4n) is 2.01. The average molecular weight is 350 g/mol. The molecule has 0 aromatic heterocycles. The monoisotopic (exact) mass is 350 g/mol. The maximum absolute atomic E-state index is 12.0. The van der Waals surface area contributed by atoms with E-state index < -0.39 is 18.7 Å². The summed E-state index contributed by atoms with van der Waals surface area (Å²) in [6.07, 6.45) is -4.61. The molecule has 4 nitrogen and oxygen atoms in total. The first kappa shape index (κ1) is 18.7. The van der Waals surface area contributed by atoms with E-state index in [0.29, 0.717) is 5.71 Å². The van der Waals surface area contributed by atoms with Gasteiger partial charge in [0, 0.05) is 11.1 Å². The molecule has 1 amide bonds. The van der Waals surface area contributed by atoms with Crippen molar-refractivity contribution in [1.29, 1.82) is 0 Å². The number of hydrazone groups is 1. The van der Waals surface area contributed by atoms with Crippen molar-refractivity contribution in [1.82, 2.24) is 5.43 Å². The number of hydrogen-bond donors (Lipinski definition) is 1.